The molecule has 2 rings (SSSR count). The molecule has 16 heavy (non-hydrogen) atoms. The lowest BCUT2D eigenvalue weighted by Crippen LogP contribution is -2.29. The molecule has 0 spiro atoms. The highest BCUT2D eigenvalue weighted by Crippen LogP contribution is 2.25. The molecule has 1 aromatic carbocycles. The van der Waals surface area contributed by atoms with Gasteiger partial charge in [0.05, 0.1) is 0 Å². The molecular formula is C11H9NO3S. The molecule has 4 nitrogen and oxygen atoms in total. The molecule has 0 fully saturated rings. The molecule has 0 bridgehead atoms. The van der Waals surface area contributed by atoms with Crippen molar-refractivity contribution < 1.29 is 14.7 Å². The number of hydrogen-bond donors (Lipinski definition) is 2. The van der Waals surface area contributed by atoms with Crippen molar-refractivity contribution in [2.45, 2.75) is 6.54 Å². The van der Waals surface area contributed by atoms with Crippen LogP contribution in [0.5, 0.6) is 0 Å². The highest BCUT2D eigenvalue weighted by Gasteiger charge is 2.11. The van der Waals surface area contributed by atoms with Crippen LogP contribution < -0.4 is 5.32 Å². The highest BCUT2D eigenvalue weighted by atomic mass is 32.1. The normalized spacial score (nSPS) is 10.2. The van der Waals surface area contributed by atoms with E-state index in [1.807, 2.05) is 29.6 Å². The lowest BCUT2D eigenvalue weighted by Gasteiger charge is -2.00. The van der Waals surface area contributed by atoms with Crippen LogP contribution in [0.1, 0.15) is 5.56 Å². The Morgan fingerprint density at radius 2 is 2.06 bits per heavy atom. The summed E-state index contributed by atoms with van der Waals surface area (Å²) in [7, 11) is 0. The summed E-state index contributed by atoms with van der Waals surface area (Å²) in [5.74, 6) is -2.44. The Kier molecular flexibility index (Phi) is 2.87. The first-order chi connectivity index (χ1) is 7.68. The van der Waals surface area contributed by atoms with Gasteiger partial charge in [-0.25, -0.2) is 4.79 Å². The first-order valence-corrected chi connectivity index (χ1v) is 5.52. The Bertz CT molecular complexity index is 547. The summed E-state index contributed by atoms with van der Waals surface area (Å²) in [5, 5.41) is 13.7. The topological polar surface area (TPSA) is 66.4 Å². The summed E-state index contributed by atoms with van der Waals surface area (Å²) >= 11 is 1.58. The molecule has 0 saturated heterocycles. The van der Waals surface area contributed by atoms with E-state index in [4.69, 9.17) is 5.11 Å². The van der Waals surface area contributed by atoms with E-state index in [1.165, 1.54) is 0 Å². The molecule has 82 valence electrons. The molecule has 0 aliphatic carbocycles. The van der Waals surface area contributed by atoms with Gasteiger partial charge in [-0.1, -0.05) is 18.2 Å². The van der Waals surface area contributed by atoms with Crippen LogP contribution in [-0.2, 0) is 16.1 Å². The van der Waals surface area contributed by atoms with Gasteiger partial charge in [0.2, 0.25) is 0 Å². The van der Waals surface area contributed by atoms with Crippen molar-refractivity contribution in [2.75, 3.05) is 0 Å². The Morgan fingerprint density at radius 1 is 1.31 bits per heavy atom. The SMILES string of the molecule is O=C(O)C(=O)NCc1csc2ccccc12. The molecule has 2 aromatic rings. The largest absolute Gasteiger partial charge is 0.474 e. The van der Waals surface area contributed by atoms with E-state index in [0.717, 1.165) is 15.6 Å². The van der Waals surface area contributed by atoms with Crippen LogP contribution in [0.25, 0.3) is 10.1 Å². The van der Waals surface area contributed by atoms with Gasteiger partial charge in [-0.3, -0.25) is 4.79 Å². The standard InChI is InChI=1S/C11H9NO3S/c13-10(11(14)15)12-5-7-6-16-9-4-2-1-3-8(7)9/h1-4,6H,5H2,(H,12,13)(H,14,15). The summed E-state index contributed by atoms with van der Waals surface area (Å²) in [6.07, 6.45) is 0. The number of fused-ring (bicyclic) bond motifs is 1. The number of carboxylic acids is 1. The first-order valence-electron chi connectivity index (χ1n) is 4.64. The van der Waals surface area contributed by atoms with E-state index in [1.54, 1.807) is 11.3 Å². The van der Waals surface area contributed by atoms with Gasteiger partial charge in [0.15, 0.2) is 0 Å². The number of hydrogen-bond acceptors (Lipinski definition) is 3. The lowest BCUT2D eigenvalue weighted by atomic mass is 10.2. The maximum atomic E-state index is 10.9. The third-order valence-electron chi connectivity index (χ3n) is 2.19. The fourth-order valence-corrected chi connectivity index (χ4v) is 2.38. The van der Waals surface area contributed by atoms with Crippen LogP contribution in [0.4, 0.5) is 0 Å². The van der Waals surface area contributed by atoms with Gasteiger partial charge in [-0.2, -0.15) is 0 Å². The molecule has 0 saturated carbocycles. The van der Waals surface area contributed by atoms with E-state index in [9.17, 15) is 9.59 Å². The zero-order valence-electron chi connectivity index (χ0n) is 8.27. The summed E-state index contributed by atoms with van der Waals surface area (Å²) < 4.78 is 1.13. The maximum absolute atomic E-state index is 10.9. The van der Waals surface area contributed by atoms with Crippen molar-refractivity contribution in [1.82, 2.24) is 5.32 Å². The van der Waals surface area contributed by atoms with Crippen LogP contribution in [0.15, 0.2) is 29.6 Å². The zero-order valence-corrected chi connectivity index (χ0v) is 9.08. The average Bonchev–Trinajstić information content (AvgIpc) is 2.69. The third kappa shape index (κ3) is 2.04. The molecule has 0 aliphatic rings. The highest BCUT2D eigenvalue weighted by molar-refractivity contribution is 7.17. The predicted octanol–water partition coefficient (Wildman–Crippen LogP) is 1.60. The molecular weight excluding hydrogens is 226 g/mol. The van der Waals surface area contributed by atoms with Crippen LogP contribution in [0, 0.1) is 0 Å². The van der Waals surface area contributed by atoms with E-state index < -0.39 is 11.9 Å². The summed E-state index contributed by atoms with van der Waals surface area (Å²) in [4.78, 5) is 21.2. The Morgan fingerprint density at radius 3 is 2.81 bits per heavy atom. The molecule has 1 heterocycles. The number of rotatable bonds is 2. The second-order valence-corrected chi connectivity index (χ2v) is 4.16. The van der Waals surface area contributed by atoms with Gasteiger partial charge in [-0.05, 0) is 22.4 Å². The number of carbonyl (C=O) groups is 2. The van der Waals surface area contributed by atoms with Gasteiger partial charge in [0.1, 0.15) is 0 Å². The maximum Gasteiger partial charge on any atom is 0.394 e. The number of amides is 1. The second-order valence-electron chi connectivity index (χ2n) is 3.24. The molecule has 0 atom stereocenters. The number of benzene rings is 1. The van der Waals surface area contributed by atoms with Crippen molar-refractivity contribution in [3.63, 3.8) is 0 Å². The van der Waals surface area contributed by atoms with Crippen LogP contribution >= 0.6 is 11.3 Å². The Labute approximate surface area is 95.5 Å². The number of aliphatic carboxylic acids is 1. The first kappa shape index (κ1) is 10.6. The van der Waals surface area contributed by atoms with Crippen molar-refractivity contribution in [3.8, 4) is 0 Å². The number of carbonyl (C=O) groups excluding carboxylic acids is 1. The quantitative estimate of drug-likeness (QED) is 0.777. The molecule has 1 aromatic heterocycles. The third-order valence-corrected chi connectivity index (χ3v) is 3.21. The van der Waals surface area contributed by atoms with Gasteiger partial charge in [0, 0.05) is 11.2 Å². The predicted molar refractivity (Wildman–Crippen MR) is 61.3 cm³/mol. The van der Waals surface area contributed by atoms with Gasteiger partial charge >= 0.3 is 11.9 Å². The van der Waals surface area contributed by atoms with Crippen molar-refractivity contribution >= 4 is 33.3 Å². The minimum Gasteiger partial charge on any atom is -0.474 e. The van der Waals surface area contributed by atoms with E-state index in [-0.39, 0.29) is 6.54 Å². The number of carboxylic acid groups (broad SMARTS) is 1. The summed E-state index contributed by atoms with van der Waals surface area (Å²) in [6, 6.07) is 7.80. The van der Waals surface area contributed by atoms with Crippen molar-refractivity contribution in [3.05, 3.63) is 35.2 Å². The van der Waals surface area contributed by atoms with E-state index in [0.29, 0.717) is 0 Å². The second kappa shape index (κ2) is 4.32. The number of nitrogens with one attached hydrogen (secondary N) is 1. The Balaban J connectivity index is 2.16. The van der Waals surface area contributed by atoms with Crippen LogP contribution in [-0.4, -0.2) is 17.0 Å². The van der Waals surface area contributed by atoms with E-state index in [2.05, 4.69) is 5.32 Å². The molecule has 1 amide bonds. The molecule has 5 heteroatoms. The van der Waals surface area contributed by atoms with Crippen LogP contribution in [0.2, 0.25) is 0 Å². The van der Waals surface area contributed by atoms with Gasteiger partial charge in [0.25, 0.3) is 0 Å². The fourth-order valence-electron chi connectivity index (χ4n) is 1.42. The van der Waals surface area contributed by atoms with Crippen molar-refractivity contribution in [2.24, 2.45) is 0 Å². The zero-order chi connectivity index (χ0) is 11.5. The van der Waals surface area contributed by atoms with E-state index >= 15 is 0 Å². The lowest BCUT2D eigenvalue weighted by molar-refractivity contribution is -0.150. The smallest absolute Gasteiger partial charge is 0.394 e. The van der Waals surface area contributed by atoms with Crippen LogP contribution in [0.3, 0.4) is 0 Å². The minimum absolute atomic E-state index is 0.245. The molecule has 2 N–H and O–H groups in total. The van der Waals surface area contributed by atoms with Crippen molar-refractivity contribution in [1.29, 1.82) is 0 Å². The monoisotopic (exact) mass is 235 g/mol. The Hall–Kier alpha value is -1.88. The summed E-state index contributed by atoms with van der Waals surface area (Å²) in [6.45, 7) is 0.245. The van der Waals surface area contributed by atoms with Gasteiger partial charge in [-0.15, -0.1) is 11.3 Å². The van der Waals surface area contributed by atoms with Gasteiger partial charge < -0.3 is 10.4 Å². The molecule has 0 unspecified atom stereocenters. The average molecular weight is 235 g/mol. The minimum atomic E-state index is -1.46. The molecule has 0 aliphatic heterocycles. The fraction of sp³-hybridized carbons (Fsp3) is 0.0909. The number of thiophene rings is 1. The summed E-state index contributed by atoms with van der Waals surface area (Å²) in [5.41, 5.74) is 0.940. The molecule has 0 radical (unpaired) electrons.